The maximum Gasteiger partial charge on any atom is 0.389 e. The Kier molecular flexibility index (Phi) is 4.65. The van der Waals surface area contributed by atoms with Crippen LogP contribution in [0.5, 0.6) is 0 Å². The molecule has 0 aliphatic carbocycles. The van der Waals surface area contributed by atoms with Gasteiger partial charge in [0.25, 0.3) is 0 Å². The quantitative estimate of drug-likeness (QED) is 0.830. The molecule has 1 aromatic carbocycles. The van der Waals surface area contributed by atoms with E-state index in [-0.39, 0.29) is 6.42 Å². The monoisotopic (exact) mass is 303 g/mol. The van der Waals surface area contributed by atoms with Crippen molar-refractivity contribution in [2.24, 2.45) is 0 Å². The first-order valence-electron chi connectivity index (χ1n) is 6.19. The van der Waals surface area contributed by atoms with Gasteiger partial charge in [-0.15, -0.1) is 10.2 Å². The van der Waals surface area contributed by atoms with Crippen molar-refractivity contribution in [3.05, 3.63) is 29.4 Å². The molecule has 0 spiro atoms. The Hall–Kier alpha value is -1.56. The summed E-state index contributed by atoms with van der Waals surface area (Å²) in [6.45, 7) is 0.413. The van der Waals surface area contributed by atoms with Gasteiger partial charge in [0, 0.05) is 23.7 Å². The molecule has 2 rings (SSSR count). The summed E-state index contributed by atoms with van der Waals surface area (Å²) in [5.41, 5.74) is 0. The SMILES string of the molecule is FC(F)(F)CCCCNc1nnc(Cl)c2ccccc12. The fraction of sp³-hybridized carbons (Fsp3) is 0.385. The van der Waals surface area contributed by atoms with E-state index >= 15 is 0 Å². The highest BCUT2D eigenvalue weighted by molar-refractivity contribution is 6.34. The molecule has 0 saturated heterocycles. The standard InChI is InChI=1S/C13H13ClF3N3/c14-11-9-5-1-2-6-10(9)12(20-19-11)18-8-4-3-7-13(15,16)17/h1-2,5-6H,3-4,7-8H2,(H,18,20). The van der Waals surface area contributed by atoms with Crippen molar-refractivity contribution in [2.75, 3.05) is 11.9 Å². The van der Waals surface area contributed by atoms with Gasteiger partial charge in [-0.3, -0.25) is 0 Å². The second-order valence-corrected chi connectivity index (χ2v) is 4.74. The lowest BCUT2D eigenvalue weighted by molar-refractivity contribution is -0.135. The highest BCUT2D eigenvalue weighted by Crippen LogP contribution is 2.26. The summed E-state index contributed by atoms with van der Waals surface area (Å²) in [5, 5.41) is 12.6. The number of rotatable bonds is 5. The average molecular weight is 304 g/mol. The lowest BCUT2D eigenvalue weighted by atomic mass is 10.2. The number of hydrogen-bond acceptors (Lipinski definition) is 3. The number of alkyl halides is 3. The van der Waals surface area contributed by atoms with Crippen LogP contribution < -0.4 is 5.32 Å². The fourth-order valence-corrected chi connectivity index (χ4v) is 2.06. The number of hydrogen-bond donors (Lipinski definition) is 1. The Labute approximate surface area is 119 Å². The Morgan fingerprint density at radius 2 is 1.75 bits per heavy atom. The first-order chi connectivity index (χ1) is 9.47. The zero-order valence-corrected chi connectivity index (χ0v) is 11.3. The van der Waals surface area contributed by atoms with Crippen LogP contribution in [0.2, 0.25) is 5.15 Å². The van der Waals surface area contributed by atoms with Crippen LogP contribution in [0.3, 0.4) is 0 Å². The van der Waals surface area contributed by atoms with Gasteiger partial charge in [-0.25, -0.2) is 0 Å². The molecule has 0 unspecified atom stereocenters. The van der Waals surface area contributed by atoms with E-state index in [9.17, 15) is 13.2 Å². The smallest absolute Gasteiger partial charge is 0.368 e. The van der Waals surface area contributed by atoms with Crippen LogP contribution in [-0.2, 0) is 0 Å². The molecule has 0 aliphatic rings. The van der Waals surface area contributed by atoms with Gasteiger partial charge >= 0.3 is 6.18 Å². The number of benzene rings is 1. The second kappa shape index (κ2) is 6.26. The Bertz CT molecular complexity index is 587. The van der Waals surface area contributed by atoms with Gasteiger partial charge < -0.3 is 5.32 Å². The zero-order chi connectivity index (χ0) is 14.6. The van der Waals surface area contributed by atoms with E-state index in [0.717, 1.165) is 10.8 Å². The summed E-state index contributed by atoms with van der Waals surface area (Å²) in [4.78, 5) is 0. The minimum Gasteiger partial charge on any atom is -0.368 e. The van der Waals surface area contributed by atoms with Crippen molar-refractivity contribution in [3.8, 4) is 0 Å². The largest absolute Gasteiger partial charge is 0.389 e. The van der Waals surface area contributed by atoms with Gasteiger partial charge in [0.15, 0.2) is 11.0 Å². The van der Waals surface area contributed by atoms with E-state index < -0.39 is 12.6 Å². The summed E-state index contributed by atoms with van der Waals surface area (Å²) in [7, 11) is 0. The number of unbranched alkanes of at least 4 members (excludes halogenated alkanes) is 1. The highest BCUT2D eigenvalue weighted by atomic mass is 35.5. The Morgan fingerprint density at radius 3 is 2.45 bits per heavy atom. The molecule has 1 aromatic heterocycles. The number of nitrogens with zero attached hydrogens (tertiary/aromatic N) is 2. The number of halogens is 4. The Balaban J connectivity index is 1.95. The lowest BCUT2D eigenvalue weighted by Gasteiger charge is -2.09. The van der Waals surface area contributed by atoms with Crippen molar-refractivity contribution >= 4 is 28.2 Å². The molecule has 0 radical (unpaired) electrons. The first-order valence-corrected chi connectivity index (χ1v) is 6.57. The number of fused-ring (bicyclic) bond motifs is 1. The molecule has 2 aromatic rings. The summed E-state index contributed by atoms with van der Waals surface area (Å²) >= 11 is 5.94. The van der Waals surface area contributed by atoms with E-state index in [0.29, 0.717) is 23.9 Å². The molecule has 7 heteroatoms. The molecule has 0 saturated carbocycles. The summed E-state index contributed by atoms with van der Waals surface area (Å²) in [5.74, 6) is 0.539. The fourth-order valence-electron chi connectivity index (χ4n) is 1.86. The summed E-state index contributed by atoms with van der Waals surface area (Å²) in [6, 6.07) is 7.34. The van der Waals surface area contributed by atoms with Gasteiger partial charge in [0.05, 0.1) is 0 Å². The van der Waals surface area contributed by atoms with Crippen molar-refractivity contribution < 1.29 is 13.2 Å². The van der Waals surface area contributed by atoms with Crippen LogP contribution in [-0.4, -0.2) is 22.9 Å². The molecule has 1 N–H and O–H groups in total. The molecule has 108 valence electrons. The molecule has 0 bridgehead atoms. The lowest BCUT2D eigenvalue weighted by Crippen LogP contribution is -2.09. The van der Waals surface area contributed by atoms with E-state index in [1.165, 1.54) is 0 Å². The predicted octanol–water partition coefficient (Wildman–Crippen LogP) is 4.43. The van der Waals surface area contributed by atoms with Gasteiger partial charge in [-0.2, -0.15) is 13.2 Å². The van der Waals surface area contributed by atoms with Crippen molar-refractivity contribution in [1.82, 2.24) is 10.2 Å². The number of aromatic nitrogens is 2. The zero-order valence-electron chi connectivity index (χ0n) is 10.5. The molecule has 1 heterocycles. The topological polar surface area (TPSA) is 37.8 Å². The highest BCUT2D eigenvalue weighted by Gasteiger charge is 2.25. The molecule has 3 nitrogen and oxygen atoms in total. The van der Waals surface area contributed by atoms with Gasteiger partial charge in [-0.1, -0.05) is 35.9 Å². The van der Waals surface area contributed by atoms with Crippen LogP contribution in [0.4, 0.5) is 19.0 Å². The minimum absolute atomic E-state index is 0.0927. The molecule has 20 heavy (non-hydrogen) atoms. The van der Waals surface area contributed by atoms with E-state index in [4.69, 9.17) is 11.6 Å². The molecule has 0 amide bonds. The van der Waals surface area contributed by atoms with E-state index in [1.54, 1.807) is 0 Å². The molecular weight excluding hydrogens is 291 g/mol. The normalized spacial score (nSPS) is 11.8. The van der Waals surface area contributed by atoms with Gasteiger partial charge in [0.1, 0.15) is 0 Å². The van der Waals surface area contributed by atoms with E-state index in [1.807, 2.05) is 24.3 Å². The van der Waals surface area contributed by atoms with Crippen LogP contribution in [0.15, 0.2) is 24.3 Å². The first kappa shape index (κ1) is 14.8. The second-order valence-electron chi connectivity index (χ2n) is 4.38. The average Bonchev–Trinajstić information content (AvgIpc) is 2.40. The minimum atomic E-state index is -4.09. The molecule has 0 aliphatic heterocycles. The van der Waals surface area contributed by atoms with Gasteiger partial charge in [-0.05, 0) is 12.8 Å². The number of anilines is 1. The van der Waals surface area contributed by atoms with Crippen LogP contribution >= 0.6 is 11.6 Å². The van der Waals surface area contributed by atoms with E-state index in [2.05, 4.69) is 15.5 Å². The Morgan fingerprint density at radius 1 is 1.05 bits per heavy atom. The van der Waals surface area contributed by atoms with Crippen molar-refractivity contribution in [3.63, 3.8) is 0 Å². The molecule has 0 atom stereocenters. The maximum absolute atomic E-state index is 12.0. The van der Waals surface area contributed by atoms with Crippen LogP contribution in [0.1, 0.15) is 19.3 Å². The van der Waals surface area contributed by atoms with Crippen molar-refractivity contribution in [1.29, 1.82) is 0 Å². The molecular formula is C13H13ClF3N3. The van der Waals surface area contributed by atoms with Crippen molar-refractivity contribution in [2.45, 2.75) is 25.4 Å². The maximum atomic E-state index is 12.0. The van der Waals surface area contributed by atoms with Crippen LogP contribution in [0, 0.1) is 0 Å². The third kappa shape index (κ3) is 3.96. The number of nitrogens with one attached hydrogen (secondary N) is 1. The molecule has 0 fully saturated rings. The third-order valence-electron chi connectivity index (χ3n) is 2.82. The summed E-state index contributed by atoms with van der Waals surface area (Å²) in [6.07, 6.45) is -4.35. The predicted molar refractivity (Wildman–Crippen MR) is 72.9 cm³/mol. The summed E-state index contributed by atoms with van der Waals surface area (Å²) < 4.78 is 36.0. The van der Waals surface area contributed by atoms with Gasteiger partial charge in [0.2, 0.25) is 0 Å². The third-order valence-corrected chi connectivity index (χ3v) is 3.10. The van der Waals surface area contributed by atoms with Crippen LogP contribution in [0.25, 0.3) is 10.8 Å².